The number of aliphatic hydroxyl groups is 1. The van der Waals surface area contributed by atoms with E-state index in [0.29, 0.717) is 18.9 Å². The highest BCUT2D eigenvalue weighted by atomic mass is 16.3. The highest BCUT2D eigenvalue weighted by Crippen LogP contribution is 2.25. The molecule has 0 aromatic carbocycles. The van der Waals surface area contributed by atoms with Crippen molar-refractivity contribution in [3.8, 4) is 0 Å². The molecule has 4 rings (SSSR count). The number of fused-ring (bicyclic) bond motifs is 1. The van der Waals surface area contributed by atoms with Gasteiger partial charge in [-0.05, 0) is 39.2 Å². The molecular formula is C17H24N6O2. The molecule has 1 saturated carbocycles. The first-order valence-corrected chi connectivity index (χ1v) is 8.95. The van der Waals surface area contributed by atoms with E-state index in [-0.39, 0.29) is 23.9 Å². The topological polar surface area (TPSA) is 86.9 Å². The monoisotopic (exact) mass is 344 g/mol. The summed E-state index contributed by atoms with van der Waals surface area (Å²) >= 11 is 0. The SMILES string of the molecule is Cc1cc(C)n2nc(C(=O)N3CCN(C4CCCC4O)CC3)nc2n1. The third-order valence-corrected chi connectivity index (χ3v) is 5.32. The van der Waals surface area contributed by atoms with Crippen LogP contribution >= 0.6 is 0 Å². The second-order valence-corrected chi connectivity index (χ2v) is 7.08. The van der Waals surface area contributed by atoms with E-state index in [9.17, 15) is 9.90 Å². The molecular weight excluding hydrogens is 320 g/mol. The van der Waals surface area contributed by atoms with Crippen LogP contribution in [0.15, 0.2) is 6.07 Å². The molecule has 1 N–H and O–H groups in total. The number of amides is 1. The highest BCUT2D eigenvalue weighted by Gasteiger charge is 2.34. The van der Waals surface area contributed by atoms with Crippen LogP contribution < -0.4 is 0 Å². The molecule has 2 atom stereocenters. The molecule has 0 spiro atoms. The smallest absolute Gasteiger partial charge is 0.293 e. The van der Waals surface area contributed by atoms with Gasteiger partial charge in [0.25, 0.3) is 11.7 Å². The lowest BCUT2D eigenvalue weighted by molar-refractivity contribution is 0.0310. The third kappa shape index (κ3) is 3.00. The standard InChI is InChI=1S/C17H24N6O2/c1-11-10-12(2)23-17(18-11)19-15(20-23)16(25)22-8-6-21(7-9-22)13-4-3-5-14(13)24/h10,13-14,24H,3-9H2,1-2H3. The molecule has 1 amide bonds. The Morgan fingerprint density at radius 3 is 2.60 bits per heavy atom. The van der Waals surface area contributed by atoms with E-state index in [2.05, 4.69) is 20.0 Å². The highest BCUT2D eigenvalue weighted by molar-refractivity contribution is 5.91. The average molecular weight is 344 g/mol. The van der Waals surface area contributed by atoms with E-state index < -0.39 is 0 Å². The molecule has 1 aliphatic heterocycles. The Balaban J connectivity index is 1.46. The number of aryl methyl sites for hydroxylation is 2. The molecule has 2 aromatic heterocycles. The van der Waals surface area contributed by atoms with Gasteiger partial charge >= 0.3 is 0 Å². The predicted molar refractivity (Wildman–Crippen MR) is 91.4 cm³/mol. The summed E-state index contributed by atoms with van der Waals surface area (Å²) in [5.41, 5.74) is 1.77. The normalized spacial score (nSPS) is 25.0. The summed E-state index contributed by atoms with van der Waals surface area (Å²) in [6.07, 6.45) is 2.80. The Morgan fingerprint density at radius 2 is 1.92 bits per heavy atom. The van der Waals surface area contributed by atoms with Gasteiger partial charge in [-0.1, -0.05) is 0 Å². The van der Waals surface area contributed by atoms with Gasteiger partial charge in [0, 0.05) is 43.6 Å². The zero-order valence-corrected chi connectivity index (χ0v) is 14.7. The molecule has 134 valence electrons. The number of carbonyl (C=O) groups excluding carboxylic acids is 1. The Hall–Kier alpha value is -2.06. The fraction of sp³-hybridized carbons (Fsp3) is 0.647. The predicted octanol–water partition coefficient (Wildman–Crippen LogP) is 0.412. The molecule has 2 aromatic rings. The first-order chi connectivity index (χ1) is 12.0. The van der Waals surface area contributed by atoms with Gasteiger partial charge in [-0.3, -0.25) is 9.69 Å². The Kier molecular flexibility index (Phi) is 4.16. The number of hydrogen-bond acceptors (Lipinski definition) is 6. The van der Waals surface area contributed by atoms with Gasteiger partial charge in [0.15, 0.2) is 0 Å². The van der Waals surface area contributed by atoms with Crippen molar-refractivity contribution in [3.05, 3.63) is 23.3 Å². The quantitative estimate of drug-likeness (QED) is 0.849. The van der Waals surface area contributed by atoms with E-state index >= 15 is 0 Å². The summed E-state index contributed by atoms with van der Waals surface area (Å²) < 4.78 is 1.62. The maximum absolute atomic E-state index is 12.7. The minimum Gasteiger partial charge on any atom is -0.391 e. The van der Waals surface area contributed by atoms with Gasteiger partial charge < -0.3 is 10.0 Å². The maximum Gasteiger partial charge on any atom is 0.293 e. The number of rotatable bonds is 2. The zero-order valence-electron chi connectivity index (χ0n) is 14.7. The number of piperazine rings is 1. The molecule has 2 unspecified atom stereocenters. The first-order valence-electron chi connectivity index (χ1n) is 8.95. The number of carbonyl (C=O) groups is 1. The lowest BCUT2D eigenvalue weighted by atomic mass is 10.1. The molecule has 3 heterocycles. The minimum absolute atomic E-state index is 0.144. The van der Waals surface area contributed by atoms with Crippen molar-refractivity contribution in [3.63, 3.8) is 0 Å². The molecule has 8 nitrogen and oxygen atoms in total. The second-order valence-electron chi connectivity index (χ2n) is 7.08. The lowest BCUT2D eigenvalue weighted by Crippen LogP contribution is -2.53. The van der Waals surface area contributed by atoms with Crippen molar-refractivity contribution in [2.24, 2.45) is 0 Å². The molecule has 8 heteroatoms. The summed E-state index contributed by atoms with van der Waals surface area (Å²) in [7, 11) is 0. The van der Waals surface area contributed by atoms with Gasteiger partial charge in [-0.2, -0.15) is 4.98 Å². The van der Waals surface area contributed by atoms with Crippen LogP contribution in [0.3, 0.4) is 0 Å². The van der Waals surface area contributed by atoms with Gasteiger partial charge in [0.2, 0.25) is 5.82 Å². The van der Waals surface area contributed by atoms with Crippen molar-refractivity contribution in [1.29, 1.82) is 0 Å². The van der Waals surface area contributed by atoms with Crippen LogP contribution in [0.5, 0.6) is 0 Å². The Morgan fingerprint density at radius 1 is 1.16 bits per heavy atom. The van der Waals surface area contributed by atoms with Crippen LogP contribution in [0.2, 0.25) is 0 Å². The fourth-order valence-corrected chi connectivity index (χ4v) is 4.00. The first kappa shape index (κ1) is 16.4. The van der Waals surface area contributed by atoms with Crippen LogP contribution in [-0.4, -0.2) is 78.7 Å². The third-order valence-electron chi connectivity index (χ3n) is 5.32. The molecule has 2 aliphatic rings. The number of aromatic nitrogens is 4. The van der Waals surface area contributed by atoms with Crippen LogP contribution in [-0.2, 0) is 0 Å². The van der Waals surface area contributed by atoms with Gasteiger partial charge in [0.1, 0.15) is 0 Å². The van der Waals surface area contributed by atoms with Crippen LogP contribution in [0.1, 0.15) is 41.3 Å². The van der Waals surface area contributed by atoms with Crippen LogP contribution in [0, 0.1) is 13.8 Å². The average Bonchev–Trinajstić information content (AvgIpc) is 3.20. The molecule has 0 bridgehead atoms. The van der Waals surface area contributed by atoms with E-state index in [1.54, 1.807) is 9.42 Å². The van der Waals surface area contributed by atoms with Crippen LogP contribution in [0.25, 0.3) is 5.78 Å². The number of aliphatic hydroxyl groups excluding tert-OH is 1. The summed E-state index contributed by atoms with van der Waals surface area (Å²) in [5.74, 6) is 0.526. The maximum atomic E-state index is 12.7. The number of nitrogens with zero attached hydrogens (tertiary/aromatic N) is 6. The molecule has 1 aliphatic carbocycles. The Labute approximate surface area is 146 Å². The van der Waals surface area contributed by atoms with E-state index in [1.165, 1.54) is 0 Å². The summed E-state index contributed by atoms with van der Waals surface area (Å²) in [6, 6.07) is 2.17. The van der Waals surface area contributed by atoms with Crippen molar-refractivity contribution in [1.82, 2.24) is 29.4 Å². The summed E-state index contributed by atoms with van der Waals surface area (Å²) in [4.78, 5) is 25.5. The van der Waals surface area contributed by atoms with E-state index in [1.807, 2.05) is 19.9 Å². The van der Waals surface area contributed by atoms with Gasteiger partial charge in [-0.25, -0.2) is 9.50 Å². The zero-order chi connectivity index (χ0) is 17.6. The molecule has 2 fully saturated rings. The molecule has 0 radical (unpaired) electrons. The van der Waals surface area contributed by atoms with Crippen molar-refractivity contribution in [2.45, 2.75) is 45.3 Å². The van der Waals surface area contributed by atoms with Crippen molar-refractivity contribution >= 4 is 11.7 Å². The number of hydrogen-bond donors (Lipinski definition) is 1. The summed E-state index contributed by atoms with van der Waals surface area (Å²) in [6.45, 7) is 6.69. The fourth-order valence-electron chi connectivity index (χ4n) is 4.00. The largest absolute Gasteiger partial charge is 0.391 e. The Bertz CT molecular complexity index is 796. The van der Waals surface area contributed by atoms with Crippen molar-refractivity contribution in [2.75, 3.05) is 26.2 Å². The van der Waals surface area contributed by atoms with E-state index in [0.717, 1.165) is 43.7 Å². The van der Waals surface area contributed by atoms with Gasteiger partial charge in [-0.15, -0.1) is 5.10 Å². The summed E-state index contributed by atoms with van der Waals surface area (Å²) in [5, 5.41) is 14.4. The lowest BCUT2D eigenvalue weighted by Gasteiger charge is -2.38. The molecule has 25 heavy (non-hydrogen) atoms. The molecule has 1 saturated heterocycles. The minimum atomic E-state index is -0.223. The second kappa shape index (κ2) is 6.34. The van der Waals surface area contributed by atoms with Gasteiger partial charge in [0.05, 0.1) is 6.10 Å². The van der Waals surface area contributed by atoms with E-state index in [4.69, 9.17) is 0 Å². The van der Waals surface area contributed by atoms with Crippen LogP contribution in [0.4, 0.5) is 0 Å². The van der Waals surface area contributed by atoms with Crippen molar-refractivity contribution < 1.29 is 9.90 Å².